The average Bonchev–Trinajstić information content (AvgIpc) is 3.10. The summed E-state index contributed by atoms with van der Waals surface area (Å²) < 4.78 is 0. The van der Waals surface area contributed by atoms with Gasteiger partial charge in [-0.25, -0.2) is 9.79 Å². The molecular weight excluding hydrogens is 330 g/mol. The van der Waals surface area contributed by atoms with Crippen LogP contribution in [-0.4, -0.2) is 27.5 Å². The highest BCUT2D eigenvalue weighted by molar-refractivity contribution is 6.58. The van der Waals surface area contributed by atoms with Gasteiger partial charge in [-0.2, -0.15) is 0 Å². The summed E-state index contributed by atoms with van der Waals surface area (Å²) in [5, 5.41) is 15.4. The largest absolute Gasteiger partial charge is 0.494 e. The number of aromatic hydroxyl groups is 1. The highest BCUT2D eigenvalue weighted by atomic mass is 16.7. The molecule has 1 aliphatic rings. The molecule has 1 aromatic heterocycles. The second-order valence-electron chi connectivity index (χ2n) is 6.33. The van der Waals surface area contributed by atoms with E-state index in [9.17, 15) is 9.90 Å². The average molecular weight is 347 g/mol. The fourth-order valence-electron chi connectivity index (χ4n) is 3.13. The Morgan fingerprint density at radius 2 is 1.92 bits per heavy atom. The fourth-order valence-corrected chi connectivity index (χ4v) is 3.13. The Kier molecular flexibility index (Phi) is 3.61. The Balaban J connectivity index is 1.96. The van der Waals surface area contributed by atoms with E-state index in [0.29, 0.717) is 22.7 Å². The molecule has 0 saturated heterocycles. The molecule has 26 heavy (non-hydrogen) atoms. The van der Waals surface area contributed by atoms with Gasteiger partial charge in [0, 0.05) is 23.4 Å². The van der Waals surface area contributed by atoms with Gasteiger partial charge in [-0.3, -0.25) is 0 Å². The lowest BCUT2D eigenvalue weighted by Gasteiger charge is -2.05. The second-order valence-corrected chi connectivity index (χ2v) is 6.33. The van der Waals surface area contributed by atoms with Crippen LogP contribution in [0.3, 0.4) is 0 Å². The minimum absolute atomic E-state index is 0.00656. The van der Waals surface area contributed by atoms with Crippen molar-refractivity contribution in [3.05, 3.63) is 58.7 Å². The van der Waals surface area contributed by atoms with Crippen molar-refractivity contribution < 1.29 is 14.7 Å². The van der Waals surface area contributed by atoms with Gasteiger partial charge in [0.05, 0.1) is 11.3 Å². The number of oxime groups is 1. The van der Waals surface area contributed by atoms with Gasteiger partial charge >= 0.3 is 5.97 Å². The van der Waals surface area contributed by atoms with E-state index in [1.54, 1.807) is 0 Å². The zero-order chi connectivity index (χ0) is 18.4. The van der Waals surface area contributed by atoms with E-state index in [4.69, 9.17) is 4.84 Å². The molecule has 0 bridgehead atoms. The zero-order valence-corrected chi connectivity index (χ0v) is 14.6. The third-order valence-electron chi connectivity index (χ3n) is 4.51. The molecule has 0 fully saturated rings. The van der Waals surface area contributed by atoms with E-state index in [1.807, 2.05) is 50.2 Å². The first-order valence-corrected chi connectivity index (χ1v) is 8.22. The van der Waals surface area contributed by atoms with Gasteiger partial charge in [-0.15, -0.1) is 0 Å². The summed E-state index contributed by atoms with van der Waals surface area (Å²) in [7, 11) is 0. The number of aliphatic imine (C=N–C) groups is 1. The summed E-state index contributed by atoms with van der Waals surface area (Å²) in [5.74, 6) is -0.511. The van der Waals surface area contributed by atoms with Crippen LogP contribution in [0, 0.1) is 13.8 Å². The minimum Gasteiger partial charge on any atom is -0.494 e. The van der Waals surface area contributed by atoms with Gasteiger partial charge in [0.25, 0.3) is 0 Å². The van der Waals surface area contributed by atoms with E-state index >= 15 is 0 Å². The molecule has 2 aromatic carbocycles. The Morgan fingerprint density at radius 1 is 1.19 bits per heavy atom. The second kappa shape index (κ2) is 5.84. The molecule has 0 radical (unpaired) electrons. The smallest absolute Gasteiger partial charge is 0.332 e. The van der Waals surface area contributed by atoms with Crippen molar-refractivity contribution in [2.75, 3.05) is 0 Å². The third kappa shape index (κ3) is 2.47. The molecule has 0 atom stereocenters. The minimum atomic E-state index is -0.518. The molecule has 4 rings (SSSR count). The zero-order valence-electron chi connectivity index (χ0n) is 14.6. The number of carbonyl (C=O) groups is 1. The topological polar surface area (TPSA) is 87.0 Å². The normalized spacial score (nSPS) is 14.6. The van der Waals surface area contributed by atoms with Gasteiger partial charge in [-0.05, 0) is 43.2 Å². The van der Waals surface area contributed by atoms with Crippen LogP contribution in [0.5, 0.6) is 5.88 Å². The quantitative estimate of drug-likeness (QED) is 0.544. The van der Waals surface area contributed by atoms with Crippen molar-refractivity contribution in [3.8, 4) is 5.88 Å². The molecule has 0 amide bonds. The lowest BCUT2D eigenvalue weighted by molar-refractivity contribution is -0.140. The van der Waals surface area contributed by atoms with Crippen LogP contribution in [-0.2, 0) is 9.63 Å². The predicted molar refractivity (Wildman–Crippen MR) is 100 cm³/mol. The first-order chi connectivity index (χ1) is 12.5. The van der Waals surface area contributed by atoms with Crippen molar-refractivity contribution >= 4 is 34.0 Å². The number of hydrogen-bond donors (Lipinski definition) is 2. The molecule has 6 heteroatoms. The van der Waals surface area contributed by atoms with Gasteiger partial charge in [-0.1, -0.05) is 23.4 Å². The highest BCUT2D eigenvalue weighted by Crippen LogP contribution is 2.36. The molecule has 0 aliphatic carbocycles. The summed E-state index contributed by atoms with van der Waals surface area (Å²) in [6.45, 7) is 5.32. The lowest BCUT2D eigenvalue weighted by atomic mass is 9.99. The molecule has 0 spiro atoms. The Hall–Kier alpha value is -3.41. The lowest BCUT2D eigenvalue weighted by Crippen LogP contribution is -2.14. The predicted octanol–water partition coefficient (Wildman–Crippen LogP) is 3.89. The van der Waals surface area contributed by atoms with Crippen molar-refractivity contribution in [1.82, 2.24) is 4.98 Å². The molecular formula is C20H17N3O3. The van der Waals surface area contributed by atoms with E-state index < -0.39 is 5.97 Å². The van der Waals surface area contributed by atoms with E-state index in [0.717, 1.165) is 27.6 Å². The van der Waals surface area contributed by atoms with E-state index in [1.165, 1.54) is 6.92 Å². The monoisotopic (exact) mass is 347 g/mol. The maximum absolute atomic E-state index is 11.2. The Bertz CT molecular complexity index is 1120. The molecule has 2 N–H and O–H groups in total. The molecule has 130 valence electrons. The summed E-state index contributed by atoms with van der Waals surface area (Å²) in [4.78, 5) is 23.8. The van der Waals surface area contributed by atoms with E-state index in [2.05, 4.69) is 15.1 Å². The number of rotatable bonds is 2. The first-order valence-electron chi connectivity index (χ1n) is 8.22. The number of nitrogens with one attached hydrogen (secondary N) is 1. The molecule has 6 nitrogen and oxygen atoms in total. The standard InChI is InChI=1S/C20H17N3O3/c1-10-8-14-16(9-11(10)2)22-20(25)17(14)19-18(23-26-12(3)24)13-6-4-5-7-15(13)21-19/h4-9,22,25H,1-3H3. The number of hydrogen-bond acceptors (Lipinski definition) is 5. The summed E-state index contributed by atoms with van der Waals surface area (Å²) in [5.41, 5.74) is 5.94. The summed E-state index contributed by atoms with van der Waals surface area (Å²) in [6.07, 6.45) is 0. The van der Waals surface area contributed by atoms with Crippen molar-refractivity contribution in [1.29, 1.82) is 0 Å². The van der Waals surface area contributed by atoms with Crippen molar-refractivity contribution in [3.63, 3.8) is 0 Å². The number of nitrogens with zero attached hydrogens (tertiary/aromatic N) is 2. The maximum atomic E-state index is 11.2. The molecule has 0 unspecified atom stereocenters. The summed E-state index contributed by atoms with van der Waals surface area (Å²) in [6, 6.07) is 11.4. The number of H-pyrrole nitrogens is 1. The van der Waals surface area contributed by atoms with Crippen LogP contribution >= 0.6 is 0 Å². The number of benzene rings is 2. The summed E-state index contributed by atoms with van der Waals surface area (Å²) >= 11 is 0. The molecule has 2 heterocycles. The van der Waals surface area contributed by atoms with Crippen LogP contribution in [0.1, 0.15) is 29.2 Å². The number of fused-ring (bicyclic) bond motifs is 2. The van der Waals surface area contributed by atoms with Crippen LogP contribution in [0.15, 0.2) is 46.5 Å². The van der Waals surface area contributed by atoms with Gasteiger partial charge in [0.2, 0.25) is 0 Å². The number of aryl methyl sites for hydroxylation is 2. The SMILES string of the molecule is CC(=O)ON=C1C(c2c(O)[nH]c3cc(C)c(C)cc23)=Nc2ccccc21. The highest BCUT2D eigenvalue weighted by Gasteiger charge is 2.29. The fraction of sp³-hybridized carbons (Fsp3) is 0.150. The maximum Gasteiger partial charge on any atom is 0.332 e. The molecule has 1 aliphatic heterocycles. The van der Waals surface area contributed by atoms with Crippen LogP contribution in [0.25, 0.3) is 10.9 Å². The third-order valence-corrected chi connectivity index (χ3v) is 4.51. The van der Waals surface area contributed by atoms with Crippen LogP contribution in [0.2, 0.25) is 0 Å². The van der Waals surface area contributed by atoms with Gasteiger partial charge < -0.3 is 14.9 Å². The first kappa shape index (κ1) is 16.1. The number of aromatic nitrogens is 1. The Labute approximate surface area is 149 Å². The Morgan fingerprint density at radius 3 is 2.69 bits per heavy atom. The number of carbonyl (C=O) groups excluding carboxylic acids is 1. The van der Waals surface area contributed by atoms with Crippen molar-refractivity contribution in [2.45, 2.75) is 20.8 Å². The van der Waals surface area contributed by atoms with Gasteiger partial charge in [0.1, 0.15) is 11.4 Å². The number of aromatic amines is 1. The molecule has 0 saturated carbocycles. The van der Waals surface area contributed by atoms with Crippen LogP contribution in [0.4, 0.5) is 5.69 Å². The van der Waals surface area contributed by atoms with Crippen molar-refractivity contribution in [2.24, 2.45) is 10.1 Å². The van der Waals surface area contributed by atoms with Crippen LogP contribution < -0.4 is 0 Å². The number of para-hydroxylation sites is 1. The van der Waals surface area contributed by atoms with E-state index in [-0.39, 0.29) is 5.88 Å². The van der Waals surface area contributed by atoms with Gasteiger partial charge in [0.15, 0.2) is 5.88 Å². The molecule has 3 aromatic rings.